The van der Waals surface area contributed by atoms with Crippen LogP contribution >= 0.6 is 35.1 Å². The van der Waals surface area contributed by atoms with Crippen molar-refractivity contribution in [2.45, 2.75) is 53.4 Å². The summed E-state index contributed by atoms with van der Waals surface area (Å²) in [7, 11) is 0. The van der Waals surface area contributed by atoms with E-state index in [2.05, 4.69) is 20.3 Å². The molecule has 0 unspecified atom stereocenters. The maximum atomic E-state index is 13.4. The van der Waals surface area contributed by atoms with Crippen LogP contribution in [0.15, 0.2) is 9.24 Å². The normalized spacial score (nSPS) is 18.8. The van der Waals surface area contributed by atoms with Crippen molar-refractivity contribution in [1.82, 2.24) is 25.2 Å². The smallest absolute Gasteiger partial charge is 0.409 e. The van der Waals surface area contributed by atoms with Gasteiger partial charge in [-0.3, -0.25) is 9.59 Å². The maximum absolute atomic E-state index is 13.4. The van der Waals surface area contributed by atoms with Crippen molar-refractivity contribution in [3.05, 3.63) is 5.56 Å². The SMILES string of the molecule is CCOC(=O)N1CCC(NC(=O)C2(NC(=O)c3c(SC)nsc3SC)CCNCC2)CC1. The van der Waals surface area contributed by atoms with E-state index in [0.29, 0.717) is 69.1 Å². The van der Waals surface area contributed by atoms with Gasteiger partial charge in [-0.25, -0.2) is 4.79 Å². The van der Waals surface area contributed by atoms with Crippen LogP contribution < -0.4 is 16.0 Å². The lowest BCUT2D eigenvalue weighted by molar-refractivity contribution is -0.129. The topological polar surface area (TPSA) is 113 Å². The number of aromatic nitrogens is 1. The molecule has 178 valence electrons. The Morgan fingerprint density at radius 1 is 1.22 bits per heavy atom. The van der Waals surface area contributed by atoms with Gasteiger partial charge in [-0.2, -0.15) is 4.37 Å². The lowest BCUT2D eigenvalue weighted by Gasteiger charge is -2.39. The fourth-order valence-corrected chi connectivity index (χ4v) is 6.30. The fourth-order valence-electron chi connectivity index (χ4n) is 4.02. The number of hydrogen-bond donors (Lipinski definition) is 3. The zero-order chi connectivity index (χ0) is 23.1. The van der Waals surface area contributed by atoms with Crippen LogP contribution in [0.5, 0.6) is 0 Å². The Labute approximate surface area is 201 Å². The van der Waals surface area contributed by atoms with E-state index in [9.17, 15) is 14.4 Å². The van der Waals surface area contributed by atoms with Gasteiger partial charge in [-0.15, -0.1) is 23.5 Å². The van der Waals surface area contributed by atoms with Crippen molar-refractivity contribution in [2.24, 2.45) is 0 Å². The molecule has 1 aromatic heterocycles. The quantitative estimate of drug-likeness (QED) is 0.488. The summed E-state index contributed by atoms with van der Waals surface area (Å²) in [6.45, 7) is 4.53. The Morgan fingerprint density at radius 3 is 2.50 bits per heavy atom. The number of hydrogen-bond acceptors (Lipinski definition) is 9. The minimum absolute atomic E-state index is 0.0387. The highest BCUT2D eigenvalue weighted by Crippen LogP contribution is 2.33. The first-order valence-electron chi connectivity index (χ1n) is 10.8. The molecule has 3 heterocycles. The van der Waals surface area contributed by atoms with Crippen LogP contribution in [0.1, 0.15) is 43.0 Å². The van der Waals surface area contributed by atoms with E-state index < -0.39 is 5.54 Å². The van der Waals surface area contributed by atoms with Gasteiger partial charge >= 0.3 is 6.09 Å². The van der Waals surface area contributed by atoms with E-state index in [4.69, 9.17) is 4.74 Å². The number of nitrogens with one attached hydrogen (secondary N) is 3. The molecule has 32 heavy (non-hydrogen) atoms. The molecule has 2 fully saturated rings. The van der Waals surface area contributed by atoms with Crippen LogP contribution in [0.3, 0.4) is 0 Å². The predicted octanol–water partition coefficient (Wildman–Crippen LogP) is 2.18. The zero-order valence-electron chi connectivity index (χ0n) is 18.7. The molecule has 2 aliphatic heterocycles. The van der Waals surface area contributed by atoms with Gasteiger partial charge in [-0.05, 0) is 69.7 Å². The summed E-state index contributed by atoms with van der Waals surface area (Å²) in [5.41, 5.74) is -0.406. The van der Waals surface area contributed by atoms with E-state index in [1.807, 2.05) is 12.5 Å². The molecular weight excluding hydrogens is 470 g/mol. The van der Waals surface area contributed by atoms with Crippen LogP contribution in [0.2, 0.25) is 0 Å². The van der Waals surface area contributed by atoms with Crippen LogP contribution in [0.4, 0.5) is 4.79 Å². The van der Waals surface area contributed by atoms with Crippen molar-refractivity contribution in [3.63, 3.8) is 0 Å². The first kappa shape index (κ1) is 25.1. The highest BCUT2D eigenvalue weighted by atomic mass is 32.2. The average Bonchev–Trinajstić information content (AvgIpc) is 3.24. The van der Waals surface area contributed by atoms with Gasteiger partial charge in [0.25, 0.3) is 5.91 Å². The fraction of sp³-hybridized carbons (Fsp3) is 0.700. The summed E-state index contributed by atoms with van der Waals surface area (Å²) in [5.74, 6) is -0.400. The van der Waals surface area contributed by atoms with Gasteiger partial charge < -0.3 is 25.6 Å². The third-order valence-corrected chi connectivity index (χ3v) is 8.58. The highest BCUT2D eigenvalue weighted by Gasteiger charge is 2.43. The lowest BCUT2D eigenvalue weighted by Crippen LogP contribution is -2.64. The second-order valence-electron chi connectivity index (χ2n) is 7.78. The Hall–Kier alpha value is -1.50. The number of piperidine rings is 2. The van der Waals surface area contributed by atoms with Gasteiger partial charge in [0, 0.05) is 19.1 Å². The molecular formula is C20H31N5O4S3. The number of ether oxygens (including phenoxy) is 1. The molecule has 1 aromatic rings. The van der Waals surface area contributed by atoms with Crippen LogP contribution in [-0.2, 0) is 9.53 Å². The second kappa shape index (κ2) is 11.6. The third-order valence-electron chi connectivity index (χ3n) is 5.84. The van der Waals surface area contributed by atoms with Crippen molar-refractivity contribution in [3.8, 4) is 0 Å². The molecule has 0 spiro atoms. The first-order chi connectivity index (χ1) is 15.4. The molecule has 0 saturated carbocycles. The minimum atomic E-state index is -0.964. The maximum Gasteiger partial charge on any atom is 0.409 e. The van der Waals surface area contributed by atoms with Crippen molar-refractivity contribution < 1.29 is 19.1 Å². The molecule has 2 aliphatic rings. The van der Waals surface area contributed by atoms with E-state index in [0.717, 1.165) is 4.21 Å². The van der Waals surface area contributed by atoms with Crippen LogP contribution in [0.25, 0.3) is 0 Å². The molecule has 0 atom stereocenters. The second-order valence-corrected chi connectivity index (χ2v) is 10.4. The largest absolute Gasteiger partial charge is 0.450 e. The predicted molar refractivity (Wildman–Crippen MR) is 128 cm³/mol. The molecule has 9 nitrogen and oxygen atoms in total. The minimum Gasteiger partial charge on any atom is -0.450 e. The van der Waals surface area contributed by atoms with Crippen molar-refractivity contribution >= 4 is 53.0 Å². The number of carbonyl (C=O) groups excluding carboxylic acids is 3. The molecule has 0 radical (unpaired) electrons. The standard InChI is InChI=1S/C20H31N5O4S3/c1-4-29-19(28)25-11-5-13(6-12-25)22-18(27)20(7-9-21-10-8-20)23-15(26)14-16(30-2)24-32-17(14)31-3/h13,21H,4-12H2,1-3H3,(H,22,27)(H,23,26). The summed E-state index contributed by atoms with van der Waals surface area (Å²) in [6, 6.07) is -0.0387. The molecule has 3 rings (SSSR count). The van der Waals surface area contributed by atoms with E-state index in [-0.39, 0.29) is 23.9 Å². The Balaban J connectivity index is 1.68. The summed E-state index contributed by atoms with van der Waals surface area (Å²) in [6.07, 6.45) is 5.87. The van der Waals surface area contributed by atoms with Crippen molar-refractivity contribution in [2.75, 3.05) is 45.3 Å². The molecule has 2 saturated heterocycles. The van der Waals surface area contributed by atoms with Crippen LogP contribution in [-0.4, -0.2) is 84.1 Å². The van der Waals surface area contributed by atoms with Gasteiger partial charge in [-0.1, -0.05) is 0 Å². The molecule has 0 bridgehead atoms. The molecule has 0 aliphatic carbocycles. The number of likely N-dealkylation sites (tertiary alicyclic amines) is 1. The zero-order valence-corrected chi connectivity index (χ0v) is 21.1. The van der Waals surface area contributed by atoms with Crippen LogP contribution in [0, 0.1) is 0 Å². The first-order valence-corrected chi connectivity index (χ1v) is 14.0. The summed E-state index contributed by atoms with van der Waals surface area (Å²) in [4.78, 5) is 40.3. The van der Waals surface area contributed by atoms with Gasteiger partial charge in [0.05, 0.1) is 16.4 Å². The highest BCUT2D eigenvalue weighted by molar-refractivity contribution is 8.01. The van der Waals surface area contributed by atoms with Gasteiger partial charge in [0.1, 0.15) is 10.6 Å². The number of thioether (sulfide) groups is 2. The Morgan fingerprint density at radius 2 is 1.91 bits per heavy atom. The Kier molecular flexibility index (Phi) is 9.09. The lowest BCUT2D eigenvalue weighted by atomic mass is 9.86. The average molecular weight is 502 g/mol. The van der Waals surface area contributed by atoms with Gasteiger partial charge in [0.2, 0.25) is 5.91 Å². The van der Waals surface area contributed by atoms with E-state index in [1.165, 1.54) is 35.1 Å². The number of amides is 3. The summed E-state index contributed by atoms with van der Waals surface area (Å²) < 4.78 is 10.3. The number of nitrogens with zero attached hydrogens (tertiary/aromatic N) is 2. The molecule has 3 N–H and O–H groups in total. The third kappa shape index (κ3) is 5.70. The Bertz CT molecular complexity index is 799. The van der Waals surface area contributed by atoms with Gasteiger partial charge in [0.15, 0.2) is 0 Å². The molecule has 3 amide bonds. The van der Waals surface area contributed by atoms with E-state index in [1.54, 1.807) is 11.8 Å². The number of carbonyl (C=O) groups is 3. The summed E-state index contributed by atoms with van der Waals surface area (Å²) >= 11 is 4.23. The monoisotopic (exact) mass is 501 g/mol. The number of rotatable bonds is 7. The van der Waals surface area contributed by atoms with Crippen molar-refractivity contribution in [1.29, 1.82) is 0 Å². The summed E-state index contributed by atoms with van der Waals surface area (Å²) in [5, 5.41) is 10.2. The van der Waals surface area contributed by atoms with E-state index >= 15 is 0 Å². The molecule has 12 heteroatoms. The molecule has 0 aromatic carbocycles.